The number of aliphatic carboxylic acids is 1. The quantitative estimate of drug-likeness (QED) is 0.864. The van der Waals surface area contributed by atoms with Gasteiger partial charge < -0.3 is 5.11 Å². The van der Waals surface area contributed by atoms with Gasteiger partial charge in [-0.3, -0.25) is 14.4 Å². The fourth-order valence-electron chi connectivity index (χ4n) is 2.26. The van der Waals surface area contributed by atoms with Crippen LogP contribution in [0.4, 0.5) is 0 Å². The molecule has 1 aromatic heterocycles. The lowest BCUT2D eigenvalue weighted by atomic mass is 9.87. The molecule has 100 valence electrons. The van der Waals surface area contributed by atoms with Crippen LogP contribution in [0.3, 0.4) is 0 Å². The minimum Gasteiger partial charge on any atom is -0.481 e. The number of rotatable bonds is 5. The van der Waals surface area contributed by atoms with E-state index in [1.165, 1.54) is 5.56 Å². The van der Waals surface area contributed by atoms with Crippen LogP contribution in [0, 0.1) is 11.8 Å². The van der Waals surface area contributed by atoms with Crippen LogP contribution in [0.25, 0.3) is 0 Å². The number of nitrogens with zero attached hydrogens (tertiary/aromatic N) is 3. The first-order valence-corrected chi connectivity index (χ1v) is 6.45. The van der Waals surface area contributed by atoms with Crippen molar-refractivity contribution in [1.29, 1.82) is 0 Å². The molecule has 0 aromatic carbocycles. The molecule has 1 aliphatic rings. The Bertz CT molecular complexity index is 422. The smallest absolute Gasteiger partial charge is 0.306 e. The minimum atomic E-state index is -0.688. The average molecular weight is 251 g/mol. The Kier molecular flexibility index (Phi) is 3.71. The topological polar surface area (TPSA) is 58.4 Å². The fraction of sp³-hybridized carbons (Fsp3) is 0.692. The molecule has 0 amide bonds. The van der Waals surface area contributed by atoms with Crippen molar-refractivity contribution in [3.8, 4) is 0 Å². The van der Waals surface area contributed by atoms with Gasteiger partial charge in [-0.15, -0.1) is 0 Å². The van der Waals surface area contributed by atoms with Crippen molar-refractivity contribution in [3.05, 3.63) is 18.0 Å². The number of likely N-dealkylation sites (tertiary alicyclic amines) is 1. The summed E-state index contributed by atoms with van der Waals surface area (Å²) in [6, 6.07) is 0.384. The van der Waals surface area contributed by atoms with Crippen LogP contribution in [-0.2, 0) is 11.3 Å². The van der Waals surface area contributed by atoms with Crippen molar-refractivity contribution in [2.24, 2.45) is 11.8 Å². The maximum atomic E-state index is 10.8. The molecule has 0 saturated carbocycles. The third-order valence-corrected chi connectivity index (χ3v) is 3.67. The van der Waals surface area contributed by atoms with Gasteiger partial charge in [0.05, 0.1) is 12.1 Å². The second kappa shape index (κ2) is 5.10. The number of carboxylic acids is 1. The Morgan fingerprint density at radius 2 is 2.17 bits per heavy atom. The largest absolute Gasteiger partial charge is 0.481 e. The maximum absolute atomic E-state index is 10.8. The van der Waals surface area contributed by atoms with E-state index in [0.717, 1.165) is 19.6 Å². The lowest BCUT2D eigenvalue weighted by Gasteiger charge is -2.41. The summed E-state index contributed by atoms with van der Waals surface area (Å²) >= 11 is 0. The Balaban J connectivity index is 1.81. The molecular weight excluding hydrogens is 230 g/mol. The van der Waals surface area contributed by atoms with E-state index in [1.807, 2.05) is 10.9 Å². The van der Waals surface area contributed by atoms with E-state index in [-0.39, 0.29) is 5.92 Å². The summed E-state index contributed by atoms with van der Waals surface area (Å²) in [6.07, 6.45) is 3.96. The van der Waals surface area contributed by atoms with Crippen molar-refractivity contribution in [2.75, 3.05) is 13.1 Å². The van der Waals surface area contributed by atoms with E-state index in [1.54, 1.807) is 6.92 Å². The third-order valence-electron chi connectivity index (χ3n) is 3.67. The first kappa shape index (κ1) is 13.1. The first-order chi connectivity index (χ1) is 8.47. The molecule has 5 heteroatoms. The molecule has 0 aliphatic carbocycles. The zero-order valence-corrected chi connectivity index (χ0v) is 11.2. The highest BCUT2D eigenvalue weighted by Crippen LogP contribution is 2.25. The predicted molar refractivity (Wildman–Crippen MR) is 68.2 cm³/mol. The second-order valence-electron chi connectivity index (χ2n) is 5.50. The summed E-state index contributed by atoms with van der Waals surface area (Å²) in [6.45, 7) is 8.62. The number of hydrogen-bond donors (Lipinski definition) is 1. The van der Waals surface area contributed by atoms with Crippen molar-refractivity contribution in [1.82, 2.24) is 14.7 Å². The molecule has 1 fully saturated rings. The van der Waals surface area contributed by atoms with Crippen LogP contribution in [0.5, 0.6) is 0 Å². The maximum Gasteiger partial charge on any atom is 0.306 e. The van der Waals surface area contributed by atoms with Crippen LogP contribution < -0.4 is 0 Å². The molecule has 2 heterocycles. The van der Waals surface area contributed by atoms with E-state index in [2.05, 4.69) is 30.0 Å². The normalized spacial score (nSPS) is 18.9. The van der Waals surface area contributed by atoms with Gasteiger partial charge in [-0.2, -0.15) is 5.10 Å². The average Bonchev–Trinajstić information content (AvgIpc) is 2.70. The van der Waals surface area contributed by atoms with Crippen molar-refractivity contribution in [3.63, 3.8) is 0 Å². The highest BCUT2D eigenvalue weighted by atomic mass is 16.4. The predicted octanol–water partition coefficient (Wildman–Crippen LogP) is 1.62. The monoisotopic (exact) mass is 251 g/mol. The highest BCUT2D eigenvalue weighted by molar-refractivity contribution is 5.70. The Hall–Kier alpha value is -1.36. The van der Waals surface area contributed by atoms with Crippen LogP contribution in [0.1, 0.15) is 32.4 Å². The molecule has 1 saturated heterocycles. The zero-order chi connectivity index (χ0) is 13.3. The van der Waals surface area contributed by atoms with E-state index in [4.69, 9.17) is 5.11 Å². The van der Waals surface area contributed by atoms with Gasteiger partial charge in [-0.25, -0.2) is 0 Å². The summed E-state index contributed by atoms with van der Waals surface area (Å²) in [7, 11) is 0. The van der Waals surface area contributed by atoms with Gasteiger partial charge in [-0.1, -0.05) is 6.92 Å². The van der Waals surface area contributed by atoms with Gasteiger partial charge in [0, 0.05) is 37.4 Å². The second-order valence-corrected chi connectivity index (χ2v) is 5.50. The molecule has 1 aliphatic heterocycles. The van der Waals surface area contributed by atoms with E-state index in [9.17, 15) is 4.79 Å². The molecule has 1 unspecified atom stereocenters. The molecule has 0 bridgehead atoms. The first-order valence-electron chi connectivity index (χ1n) is 6.45. The van der Waals surface area contributed by atoms with E-state index < -0.39 is 5.97 Å². The summed E-state index contributed by atoms with van der Waals surface area (Å²) in [5, 5.41) is 13.2. The Morgan fingerprint density at radius 3 is 2.67 bits per heavy atom. The van der Waals surface area contributed by atoms with E-state index in [0.29, 0.717) is 12.0 Å². The Morgan fingerprint density at radius 1 is 1.50 bits per heavy atom. The zero-order valence-electron chi connectivity index (χ0n) is 11.2. The van der Waals surface area contributed by atoms with Gasteiger partial charge in [0.15, 0.2) is 0 Å². The summed E-state index contributed by atoms with van der Waals surface area (Å²) in [5.74, 6) is -0.630. The van der Waals surface area contributed by atoms with Crippen molar-refractivity contribution >= 4 is 5.97 Å². The number of carbonyl (C=O) groups is 1. The Labute approximate surface area is 107 Å². The van der Waals surface area contributed by atoms with Crippen LogP contribution >= 0.6 is 0 Å². The SMILES string of the molecule is CC(C(=O)O)C1CN(Cc2cnn(C(C)C)c2)C1. The summed E-state index contributed by atoms with van der Waals surface area (Å²) in [4.78, 5) is 13.1. The van der Waals surface area contributed by atoms with Crippen molar-refractivity contribution in [2.45, 2.75) is 33.4 Å². The van der Waals surface area contributed by atoms with Gasteiger partial charge in [0.25, 0.3) is 0 Å². The fourth-order valence-corrected chi connectivity index (χ4v) is 2.26. The van der Waals surface area contributed by atoms with Crippen molar-refractivity contribution < 1.29 is 9.90 Å². The molecular formula is C13H21N3O2. The summed E-state index contributed by atoms with van der Waals surface area (Å²) < 4.78 is 1.95. The number of hydrogen-bond acceptors (Lipinski definition) is 3. The minimum absolute atomic E-state index is 0.236. The van der Waals surface area contributed by atoms with Gasteiger partial charge >= 0.3 is 5.97 Å². The number of aromatic nitrogens is 2. The molecule has 1 N–H and O–H groups in total. The molecule has 1 atom stereocenters. The molecule has 2 rings (SSSR count). The summed E-state index contributed by atoms with van der Waals surface area (Å²) in [5.41, 5.74) is 1.20. The lowest BCUT2D eigenvalue weighted by Crippen LogP contribution is -2.50. The van der Waals surface area contributed by atoms with Gasteiger partial charge in [-0.05, 0) is 19.8 Å². The lowest BCUT2D eigenvalue weighted by molar-refractivity contribution is -0.145. The molecule has 0 spiro atoms. The highest BCUT2D eigenvalue weighted by Gasteiger charge is 2.34. The standard InChI is InChI=1S/C13H21N3O2/c1-9(2)16-6-11(4-14-16)5-15-7-12(8-15)10(3)13(17)18/h4,6,9-10,12H,5,7-8H2,1-3H3,(H,17,18). The molecule has 0 radical (unpaired) electrons. The van der Waals surface area contributed by atoms with E-state index >= 15 is 0 Å². The molecule has 5 nitrogen and oxygen atoms in total. The molecule has 1 aromatic rings. The van der Waals surface area contributed by atoms with Crippen LogP contribution in [0.2, 0.25) is 0 Å². The molecule has 18 heavy (non-hydrogen) atoms. The number of carboxylic acid groups (broad SMARTS) is 1. The third kappa shape index (κ3) is 2.72. The van der Waals surface area contributed by atoms with Crippen LogP contribution in [-0.4, -0.2) is 38.8 Å². The van der Waals surface area contributed by atoms with Crippen LogP contribution in [0.15, 0.2) is 12.4 Å². The van der Waals surface area contributed by atoms with Gasteiger partial charge in [0.1, 0.15) is 0 Å². The van der Waals surface area contributed by atoms with Gasteiger partial charge in [0.2, 0.25) is 0 Å².